The summed E-state index contributed by atoms with van der Waals surface area (Å²) in [5.74, 6) is 1.30. The molecule has 0 amide bonds. The minimum atomic E-state index is -0.263. The topological polar surface area (TPSA) is 45.4 Å². The lowest BCUT2D eigenvalue weighted by Crippen LogP contribution is -2.46. The summed E-state index contributed by atoms with van der Waals surface area (Å²) in [5, 5.41) is 0. The van der Waals surface area contributed by atoms with Crippen LogP contribution >= 0.6 is 0 Å². The number of anilines is 1. The Kier molecular flexibility index (Phi) is 4.43. The van der Waals surface area contributed by atoms with E-state index in [1.54, 1.807) is 18.4 Å². The standard InChI is InChI=1S/C19H19FN4O/c20-16-6-4-15(5-7-16)19-22-17(14-25-19)13-23-9-11-24(12-10-23)18-3-1-2-8-21-18/h1-8,14H,9-13H2. The van der Waals surface area contributed by atoms with Crippen molar-refractivity contribution in [2.45, 2.75) is 6.54 Å². The molecular formula is C19H19FN4O. The van der Waals surface area contributed by atoms with Gasteiger partial charge >= 0.3 is 0 Å². The second-order valence-corrected chi connectivity index (χ2v) is 6.10. The average Bonchev–Trinajstić information content (AvgIpc) is 3.12. The molecule has 1 aromatic carbocycles. The lowest BCUT2D eigenvalue weighted by atomic mass is 10.2. The fourth-order valence-corrected chi connectivity index (χ4v) is 3.01. The van der Waals surface area contributed by atoms with Crippen molar-refractivity contribution in [3.8, 4) is 11.5 Å². The zero-order chi connectivity index (χ0) is 17.1. The predicted octanol–water partition coefficient (Wildman–Crippen LogP) is 3.20. The number of hydrogen-bond acceptors (Lipinski definition) is 5. The zero-order valence-corrected chi connectivity index (χ0v) is 13.8. The summed E-state index contributed by atoms with van der Waals surface area (Å²) in [6.45, 7) is 4.55. The smallest absolute Gasteiger partial charge is 0.226 e. The number of benzene rings is 1. The van der Waals surface area contributed by atoms with Crippen LogP contribution in [0, 0.1) is 5.82 Å². The summed E-state index contributed by atoms with van der Waals surface area (Å²) in [6, 6.07) is 12.2. The molecule has 1 fully saturated rings. The van der Waals surface area contributed by atoms with Gasteiger partial charge < -0.3 is 9.32 Å². The molecule has 4 rings (SSSR count). The number of piperazine rings is 1. The first-order valence-electron chi connectivity index (χ1n) is 8.36. The SMILES string of the molecule is Fc1ccc(-c2nc(CN3CCN(c4ccccn4)CC3)co2)cc1. The van der Waals surface area contributed by atoms with Gasteiger partial charge in [0.05, 0.1) is 5.69 Å². The van der Waals surface area contributed by atoms with Crippen LogP contribution in [-0.2, 0) is 6.54 Å². The molecule has 0 atom stereocenters. The number of nitrogens with zero attached hydrogens (tertiary/aromatic N) is 4. The first-order chi connectivity index (χ1) is 12.3. The van der Waals surface area contributed by atoms with E-state index in [0.29, 0.717) is 5.89 Å². The van der Waals surface area contributed by atoms with Crippen LogP contribution in [0.1, 0.15) is 5.69 Å². The fraction of sp³-hybridized carbons (Fsp3) is 0.263. The highest BCUT2D eigenvalue weighted by Crippen LogP contribution is 2.20. The van der Waals surface area contributed by atoms with E-state index in [-0.39, 0.29) is 5.82 Å². The Morgan fingerprint density at radius 3 is 2.52 bits per heavy atom. The minimum absolute atomic E-state index is 0.263. The highest BCUT2D eigenvalue weighted by atomic mass is 19.1. The molecule has 0 saturated carbocycles. The second kappa shape index (κ2) is 7.03. The van der Waals surface area contributed by atoms with E-state index in [1.165, 1.54) is 12.1 Å². The molecule has 3 aromatic rings. The molecule has 0 aliphatic carbocycles. The number of halogens is 1. The third-order valence-corrected chi connectivity index (χ3v) is 4.37. The Hall–Kier alpha value is -2.73. The van der Waals surface area contributed by atoms with E-state index >= 15 is 0 Å². The molecule has 0 N–H and O–H groups in total. The summed E-state index contributed by atoms with van der Waals surface area (Å²) >= 11 is 0. The highest BCUT2D eigenvalue weighted by Gasteiger charge is 2.19. The Bertz CT molecular complexity index is 811. The van der Waals surface area contributed by atoms with Crippen LogP contribution in [0.4, 0.5) is 10.2 Å². The highest BCUT2D eigenvalue weighted by molar-refractivity contribution is 5.52. The van der Waals surface area contributed by atoms with Gasteiger partial charge in [-0.1, -0.05) is 6.07 Å². The molecule has 0 unspecified atom stereocenters. The van der Waals surface area contributed by atoms with Crippen LogP contribution in [0.3, 0.4) is 0 Å². The van der Waals surface area contributed by atoms with Crippen molar-refractivity contribution < 1.29 is 8.81 Å². The Morgan fingerprint density at radius 2 is 1.80 bits per heavy atom. The van der Waals surface area contributed by atoms with Gasteiger partial charge in [-0.15, -0.1) is 0 Å². The molecular weight excluding hydrogens is 319 g/mol. The fourth-order valence-electron chi connectivity index (χ4n) is 3.01. The quantitative estimate of drug-likeness (QED) is 0.731. The molecule has 1 saturated heterocycles. The molecule has 25 heavy (non-hydrogen) atoms. The normalized spacial score (nSPS) is 15.5. The van der Waals surface area contributed by atoms with Crippen LogP contribution in [-0.4, -0.2) is 41.0 Å². The van der Waals surface area contributed by atoms with E-state index < -0.39 is 0 Å². The van der Waals surface area contributed by atoms with E-state index in [1.807, 2.05) is 24.4 Å². The first-order valence-corrected chi connectivity index (χ1v) is 8.36. The van der Waals surface area contributed by atoms with Crippen LogP contribution in [0.25, 0.3) is 11.5 Å². The van der Waals surface area contributed by atoms with Crippen LogP contribution in [0.2, 0.25) is 0 Å². The maximum Gasteiger partial charge on any atom is 0.226 e. The molecule has 1 aliphatic heterocycles. The Balaban J connectivity index is 1.35. The van der Waals surface area contributed by atoms with Gasteiger partial charge in [-0.25, -0.2) is 14.4 Å². The van der Waals surface area contributed by atoms with Gasteiger partial charge in [0.15, 0.2) is 0 Å². The lowest BCUT2D eigenvalue weighted by Gasteiger charge is -2.34. The second-order valence-electron chi connectivity index (χ2n) is 6.10. The summed E-state index contributed by atoms with van der Waals surface area (Å²) in [4.78, 5) is 13.6. The van der Waals surface area contributed by atoms with Crippen molar-refractivity contribution in [1.82, 2.24) is 14.9 Å². The number of aromatic nitrogens is 2. The monoisotopic (exact) mass is 338 g/mol. The van der Waals surface area contributed by atoms with Crippen molar-refractivity contribution in [2.75, 3.05) is 31.1 Å². The maximum absolute atomic E-state index is 13.0. The maximum atomic E-state index is 13.0. The van der Waals surface area contributed by atoms with Crippen molar-refractivity contribution in [2.24, 2.45) is 0 Å². The molecule has 128 valence electrons. The van der Waals surface area contributed by atoms with Crippen molar-refractivity contribution in [3.63, 3.8) is 0 Å². The van der Waals surface area contributed by atoms with Crippen LogP contribution in [0.15, 0.2) is 59.3 Å². The number of rotatable bonds is 4. The van der Waals surface area contributed by atoms with Crippen molar-refractivity contribution in [3.05, 3.63) is 66.4 Å². The van der Waals surface area contributed by atoms with Gasteiger partial charge in [-0.05, 0) is 36.4 Å². The van der Waals surface area contributed by atoms with Gasteiger partial charge in [-0.3, -0.25) is 4.90 Å². The summed E-state index contributed by atoms with van der Waals surface area (Å²) in [7, 11) is 0. The molecule has 0 bridgehead atoms. The van der Waals surface area contributed by atoms with Gasteiger partial charge in [0.1, 0.15) is 17.9 Å². The third-order valence-electron chi connectivity index (χ3n) is 4.37. The molecule has 3 heterocycles. The number of oxazole rings is 1. The molecule has 5 nitrogen and oxygen atoms in total. The third kappa shape index (κ3) is 3.69. The van der Waals surface area contributed by atoms with E-state index in [4.69, 9.17) is 4.42 Å². The molecule has 0 radical (unpaired) electrons. The Labute approximate surface area is 145 Å². The van der Waals surface area contributed by atoms with Crippen LogP contribution < -0.4 is 4.90 Å². The van der Waals surface area contributed by atoms with Gasteiger partial charge in [0, 0.05) is 44.5 Å². The van der Waals surface area contributed by atoms with Gasteiger partial charge in [-0.2, -0.15) is 0 Å². The molecule has 2 aromatic heterocycles. The van der Waals surface area contributed by atoms with E-state index in [9.17, 15) is 4.39 Å². The van der Waals surface area contributed by atoms with E-state index in [2.05, 4.69) is 19.8 Å². The molecule has 6 heteroatoms. The zero-order valence-electron chi connectivity index (χ0n) is 13.8. The molecule has 0 spiro atoms. The van der Waals surface area contributed by atoms with Crippen molar-refractivity contribution >= 4 is 5.82 Å². The summed E-state index contributed by atoms with van der Waals surface area (Å²) < 4.78 is 18.5. The Morgan fingerprint density at radius 1 is 1.00 bits per heavy atom. The molecule has 1 aliphatic rings. The van der Waals surface area contributed by atoms with Gasteiger partial charge in [0.25, 0.3) is 0 Å². The average molecular weight is 338 g/mol. The minimum Gasteiger partial charge on any atom is -0.444 e. The lowest BCUT2D eigenvalue weighted by molar-refractivity contribution is 0.246. The first kappa shape index (κ1) is 15.8. The number of pyridine rings is 1. The van der Waals surface area contributed by atoms with Gasteiger partial charge in [0.2, 0.25) is 5.89 Å². The number of hydrogen-bond donors (Lipinski definition) is 0. The predicted molar refractivity (Wildman–Crippen MR) is 93.6 cm³/mol. The van der Waals surface area contributed by atoms with Crippen molar-refractivity contribution in [1.29, 1.82) is 0 Å². The summed E-state index contributed by atoms with van der Waals surface area (Å²) in [5.41, 5.74) is 1.68. The largest absolute Gasteiger partial charge is 0.444 e. The summed E-state index contributed by atoms with van der Waals surface area (Å²) in [6.07, 6.45) is 3.51. The van der Waals surface area contributed by atoms with Crippen LogP contribution in [0.5, 0.6) is 0 Å². The van der Waals surface area contributed by atoms with E-state index in [0.717, 1.165) is 49.8 Å².